The van der Waals surface area contributed by atoms with Crippen LogP contribution >= 0.6 is 0 Å². The molecule has 0 saturated heterocycles. The molecule has 1 N–H and O–H groups in total. The van der Waals surface area contributed by atoms with E-state index in [1.165, 1.54) is 6.92 Å². The van der Waals surface area contributed by atoms with Gasteiger partial charge in [0.05, 0.1) is 60.2 Å². The van der Waals surface area contributed by atoms with Crippen molar-refractivity contribution >= 4 is 71.3 Å². The molecule has 13 nitrogen and oxygen atoms in total. The Morgan fingerprint density at radius 2 is 0.897 bits per heavy atom. The number of rotatable bonds is 19. The smallest absolute Gasteiger partial charge is 1.00 e. The van der Waals surface area contributed by atoms with Crippen LogP contribution in [0, 0.1) is 17.8 Å². The summed E-state index contributed by atoms with van der Waals surface area (Å²) in [5, 5.41) is 12.2. The number of fused-ring (bicyclic) bond motifs is 3. The van der Waals surface area contributed by atoms with Crippen LogP contribution in [-0.4, -0.2) is 77.2 Å². The molecule has 3 radical (unpaired) electrons. The number of carbonyl (C=O) groups excluding carboxylic acids is 5. The third kappa shape index (κ3) is 14.9. The summed E-state index contributed by atoms with van der Waals surface area (Å²) < 4.78 is 26.7. The minimum Gasteiger partial charge on any atom is -1.00 e. The van der Waals surface area contributed by atoms with E-state index in [0.717, 1.165) is 71.3 Å². The van der Waals surface area contributed by atoms with Gasteiger partial charge in [-0.3, -0.25) is 9.59 Å². The van der Waals surface area contributed by atoms with Crippen LogP contribution in [0.25, 0.3) is 32.7 Å². The molecule has 15 heteroatoms. The van der Waals surface area contributed by atoms with Gasteiger partial charge >= 0.3 is 53.4 Å². The molecule has 0 spiro atoms. The van der Waals surface area contributed by atoms with Gasteiger partial charge in [-0.2, -0.15) is 0 Å². The molecule has 0 aliphatic rings. The number of aliphatic hydroxyl groups is 1. The fourth-order valence-corrected chi connectivity index (χ4v) is 7.84. The summed E-state index contributed by atoms with van der Waals surface area (Å²) in [6.45, 7) is 22.7. The van der Waals surface area contributed by atoms with Crippen molar-refractivity contribution in [3.8, 4) is 0 Å². The largest absolute Gasteiger partial charge is 1.00 e. The van der Waals surface area contributed by atoms with E-state index in [9.17, 15) is 29.1 Å². The van der Waals surface area contributed by atoms with Gasteiger partial charge in [0.1, 0.15) is 6.61 Å². The zero-order valence-electron chi connectivity index (χ0n) is 43.1. The zero-order valence-corrected chi connectivity index (χ0v) is 44.1. The molecule has 68 heavy (non-hydrogen) atoms. The van der Waals surface area contributed by atoms with Gasteiger partial charge in [0, 0.05) is 67.7 Å². The van der Waals surface area contributed by atoms with E-state index in [1.807, 2.05) is 81.9 Å². The van der Waals surface area contributed by atoms with Gasteiger partial charge in [-0.1, -0.05) is 96.1 Å². The van der Waals surface area contributed by atoms with Crippen LogP contribution in [0.1, 0.15) is 143 Å². The van der Waals surface area contributed by atoms with E-state index in [4.69, 9.17) is 18.9 Å². The monoisotopic (exact) mass is 943 g/mol. The Labute approximate surface area is 427 Å². The second-order valence-corrected chi connectivity index (χ2v) is 17.2. The number of carbonyl (C=O) groups is 5. The molecular formula is C53H70BN3NaO10. The minimum absolute atomic E-state index is 0. The van der Waals surface area contributed by atoms with Gasteiger partial charge in [0.2, 0.25) is 0 Å². The van der Waals surface area contributed by atoms with Gasteiger partial charge in [-0.05, 0) is 76.0 Å². The molecule has 0 saturated carbocycles. The number of benzene rings is 3. The molecule has 3 aromatic carbocycles. The average molecular weight is 943 g/mol. The first-order chi connectivity index (χ1) is 31.6. The molecule has 0 aliphatic carbocycles. The molecule has 0 bridgehead atoms. The molecule has 6 rings (SSSR count). The number of ether oxygens (including phenoxy) is 4. The topological polar surface area (TPSA) is 157 Å². The first-order valence-electron chi connectivity index (χ1n) is 23.2. The molecule has 0 atom stereocenters. The van der Waals surface area contributed by atoms with E-state index < -0.39 is 5.97 Å². The summed E-state index contributed by atoms with van der Waals surface area (Å²) in [4.78, 5) is 59.7. The summed E-state index contributed by atoms with van der Waals surface area (Å²) in [5.41, 5.74) is 5.98. The number of nitrogens with zero attached hydrogens (tertiary/aromatic N) is 3. The molecule has 361 valence electrons. The fourth-order valence-electron chi connectivity index (χ4n) is 7.84. The second kappa shape index (κ2) is 29.0. The number of esters is 4. The van der Waals surface area contributed by atoms with Crippen molar-refractivity contribution in [2.75, 3.05) is 19.8 Å². The number of hydrogen-bond donors (Lipinski definition) is 1. The fraction of sp³-hybridized carbons (Fsp3) is 0.453. The number of aromatic nitrogens is 3. The number of aldehydes is 1. The summed E-state index contributed by atoms with van der Waals surface area (Å²) >= 11 is 0. The first-order valence-corrected chi connectivity index (χ1v) is 23.2. The second-order valence-electron chi connectivity index (χ2n) is 17.2. The van der Waals surface area contributed by atoms with Crippen molar-refractivity contribution in [1.82, 2.24) is 13.7 Å². The van der Waals surface area contributed by atoms with Crippen molar-refractivity contribution in [3.05, 3.63) is 107 Å². The van der Waals surface area contributed by atoms with Crippen molar-refractivity contribution in [1.29, 1.82) is 0 Å². The standard InChI is InChI=1S/C19H25NO4.C17H23NO3.C17H21NO3.B.Na.H/c1-5-23-19(22)18-15-8-6-7-9-16(15)20(11-10-13(2)3)17(18)12-24-14(4)21;2*1-4-21-17(20)16-13-7-5-6-8-14(13)18(15(16)11-19)10-9-12(2)3;;;/h6-9,13H,5,10-12H2,1-4H3;5-8,12,19H,4,9-11H2,1-3H3;5-8,11-12H,4,9-10H2,1-3H3;;;/q;;;;+1;-1. The third-order valence-corrected chi connectivity index (χ3v) is 11.1. The molecule has 0 aliphatic heterocycles. The summed E-state index contributed by atoms with van der Waals surface area (Å²) in [7, 11) is 0. The Balaban J connectivity index is 0.000000508. The molecular weight excluding hydrogens is 872 g/mol. The van der Waals surface area contributed by atoms with Crippen LogP contribution < -0.4 is 29.6 Å². The predicted octanol–water partition coefficient (Wildman–Crippen LogP) is 7.70. The van der Waals surface area contributed by atoms with E-state index in [-0.39, 0.29) is 70.5 Å². The maximum atomic E-state index is 12.5. The number of hydrogen-bond acceptors (Lipinski definition) is 10. The SMILES string of the molecule is CCOC(=O)c1c(C=O)n(CCC(C)C)c2ccccc12.CCOC(=O)c1c(CO)n(CCC(C)C)c2ccccc12.CCOC(=O)c1c(COC(C)=O)n(CCC(C)C)c2ccccc12.[B].[H-].[Na+]. The predicted molar refractivity (Wildman–Crippen MR) is 266 cm³/mol. The summed E-state index contributed by atoms with van der Waals surface area (Å²) in [5.74, 6) is 0.0732. The van der Waals surface area contributed by atoms with Gasteiger partial charge < -0.3 is 39.2 Å². The number of aliphatic hydroxyl groups excluding tert-OH is 1. The molecule has 6 aromatic rings. The van der Waals surface area contributed by atoms with Gasteiger partial charge in [-0.25, -0.2) is 14.4 Å². The Morgan fingerprint density at radius 3 is 1.26 bits per heavy atom. The number of aryl methyl sites for hydroxylation is 3. The normalized spacial score (nSPS) is 10.8. The Bertz CT molecular complexity index is 2600. The minimum atomic E-state index is -0.431. The van der Waals surface area contributed by atoms with E-state index >= 15 is 0 Å². The van der Waals surface area contributed by atoms with Gasteiger partial charge in [0.25, 0.3) is 0 Å². The maximum absolute atomic E-state index is 12.5. The Hall–Kier alpha value is -5.15. The van der Waals surface area contributed by atoms with Crippen LogP contribution in [0.5, 0.6) is 0 Å². The summed E-state index contributed by atoms with van der Waals surface area (Å²) in [6, 6.07) is 23.1. The molecule has 3 heterocycles. The van der Waals surface area contributed by atoms with Crippen molar-refractivity contribution in [2.24, 2.45) is 17.8 Å². The Kier molecular flexibility index (Phi) is 25.2. The zero-order chi connectivity index (χ0) is 48.5. The van der Waals surface area contributed by atoms with Gasteiger partial charge in [0.15, 0.2) is 6.29 Å². The molecule has 0 unspecified atom stereocenters. The van der Waals surface area contributed by atoms with E-state index in [1.54, 1.807) is 20.8 Å². The van der Waals surface area contributed by atoms with Crippen LogP contribution in [0.3, 0.4) is 0 Å². The summed E-state index contributed by atoms with van der Waals surface area (Å²) in [6.07, 6.45) is 3.66. The van der Waals surface area contributed by atoms with Gasteiger partial charge in [-0.15, -0.1) is 0 Å². The first kappa shape index (κ1) is 59.0. The molecule has 0 amide bonds. The quantitative estimate of drug-likeness (QED) is 0.0370. The van der Waals surface area contributed by atoms with Crippen LogP contribution in [0.4, 0.5) is 0 Å². The third-order valence-electron chi connectivity index (χ3n) is 11.1. The van der Waals surface area contributed by atoms with Crippen molar-refractivity contribution < 1.29 is 79.0 Å². The van der Waals surface area contributed by atoms with E-state index in [2.05, 4.69) is 46.1 Å². The van der Waals surface area contributed by atoms with Crippen LogP contribution in [-0.2, 0) is 56.6 Å². The average Bonchev–Trinajstić information content (AvgIpc) is 3.91. The molecule has 3 aromatic heterocycles. The van der Waals surface area contributed by atoms with Crippen LogP contribution in [0.2, 0.25) is 0 Å². The maximum Gasteiger partial charge on any atom is 1.00 e. The van der Waals surface area contributed by atoms with E-state index in [0.29, 0.717) is 77.9 Å². The van der Waals surface area contributed by atoms with Crippen molar-refractivity contribution in [3.63, 3.8) is 0 Å². The van der Waals surface area contributed by atoms with Crippen molar-refractivity contribution in [2.45, 2.75) is 121 Å². The van der Waals surface area contributed by atoms with Crippen LogP contribution in [0.15, 0.2) is 72.8 Å². The number of para-hydroxylation sites is 3. The molecule has 0 fully saturated rings. The Morgan fingerprint density at radius 1 is 0.559 bits per heavy atom.